The van der Waals surface area contributed by atoms with Gasteiger partial charge in [0.2, 0.25) is 0 Å². The van der Waals surface area contributed by atoms with Gasteiger partial charge in [-0.2, -0.15) is 0 Å². The fourth-order valence-corrected chi connectivity index (χ4v) is 4.97. The number of nitrogens with zero attached hydrogens (tertiary/aromatic N) is 5. The van der Waals surface area contributed by atoms with Gasteiger partial charge in [0.1, 0.15) is 12.3 Å². The van der Waals surface area contributed by atoms with Crippen molar-refractivity contribution in [1.82, 2.24) is 30.2 Å². The van der Waals surface area contributed by atoms with E-state index < -0.39 is 12.1 Å². The molecule has 5 heterocycles. The topological polar surface area (TPSA) is 111 Å². The molecule has 0 spiro atoms. The van der Waals surface area contributed by atoms with Gasteiger partial charge in [0.05, 0.1) is 37.1 Å². The molecule has 0 unspecified atom stereocenters. The number of fused-ring (bicyclic) bond motifs is 4. The first-order valence-electron chi connectivity index (χ1n) is 11.2. The van der Waals surface area contributed by atoms with Gasteiger partial charge >= 0.3 is 0 Å². The average molecular weight is 483 g/mol. The maximum absolute atomic E-state index is 13.2. The van der Waals surface area contributed by atoms with Crippen LogP contribution in [0.5, 0.6) is 5.75 Å². The number of aromatic nitrogens is 4. The van der Waals surface area contributed by atoms with Gasteiger partial charge in [0, 0.05) is 29.5 Å². The number of thiophene rings is 1. The summed E-state index contributed by atoms with van der Waals surface area (Å²) in [6.07, 6.45) is 2.96. The van der Waals surface area contributed by atoms with Crippen LogP contribution in [0.25, 0.3) is 0 Å². The Balaban J connectivity index is 1.40. The fraction of sp³-hybridized carbons (Fsp3) is 0.435. The van der Waals surface area contributed by atoms with Crippen LogP contribution < -0.4 is 10.1 Å². The molecule has 2 bridgehead atoms. The number of carbonyl (C=O) groups is 2. The quantitative estimate of drug-likeness (QED) is 0.595. The van der Waals surface area contributed by atoms with E-state index in [0.29, 0.717) is 49.2 Å². The average Bonchev–Trinajstić information content (AvgIpc) is 3.57. The van der Waals surface area contributed by atoms with Crippen molar-refractivity contribution in [2.75, 3.05) is 19.7 Å². The first-order valence-corrected chi connectivity index (χ1v) is 12.1. The molecular formula is C23H26N6O4S. The standard InChI is InChI=1S/C23H26N6O4S/c1-14(2)20-8-15(13-34-20)23(31)28-10-17-19(11-28)33-12-16-9-29(27-26-16)6-7-32-18-4-3-5-24-21(18)22(30)25-17/h3-5,8-9,13-14,17,19H,6-7,10-12H2,1-2H3,(H,25,30)/t17-,19-/m0/s1. The van der Waals surface area contributed by atoms with Gasteiger partial charge < -0.3 is 19.7 Å². The molecule has 2 aliphatic heterocycles. The van der Waals surface area contributed by atoms with Crippen LogP contribution in [-0.4, -0.2) is 68.5 Å². The van der Waals surface area contributed by atoms with Crippen LogP contribution in [-0.2, 0) is 17.9 Å². The van der Waals surface area contributed by atoms with Crippen LogP contribution in [0, 0.1) is 0 Å². The lowest BCUT2D eigenvalue weighted by Gasteiger charge is -2.20. The second-order valence-corrected chi connectivity index (χ2v) is 9.65. The van der Waals surface area contributed by atoms with E-state index in [2.05, 4.69) is 34.5 Å². The number of likely N-dealkylation sites (tertiary alicyclic amines) is 1. The van der Waals surface area contributed by atoms with Crippen LogP contribution in [0.2, 0.25) is 0 Å². The van der Waals surface area contributed by atoms with Crippen molar-refractivity contribution in [3.63, 3.8) is 0 Å². The predicted octanol–water partition coefficient (Wildman–Crippen LogP) is 2.09. The Labute approximate surface area is 200 Å². The van der Waals surface area contributed by atoms with Gasteiger partial charge in [-0.1, -0.05) is 19.1 Å². The van der Waals surface area contributed by atoms with Crippen molar-refractivity contribution in [3.05, 3.63) is 57.8 Å². The summed E-state index contributed by atoms with van der Waals surface area (Å²) in [4.78, 5) is 33.5. The Morgan fingerprint density at radius 1 is 1.32 bits per heavy atom. The molecule has 0 saturated carbocycles. The molecule has 34 heavy (non-hydrogen) atoms. The molecule has 5 rings (SSSR count). The summed E-state index contributed by atoms with van der Waals surface area (Å²) in [6.45, 7) is 5.90. The smallest absolute Gasteiger partial charge is 0.274 e. The van der Waals surface area contributed by atoms with Crippen molar-refractivity contribution >= 4 is 23.2 Å². The van der Waals surface area contributed by atoms with Crippen LogP contribution in [0.15, 0.2) is 36.0 Å². The highest BCUT2D eigenvalue weighted by Gasteiger charge is 2.38. The molecule has 1 fully saturated rings. The number of hydrogen-bond acceptors (Lipinski definition) is 8. The minimum atomic E-state index is -0.410. The zero-order valence-electron chi connectivity index (χ0n) is 19.0. The molecular weight excluding hydrogens is 456 g/mol. The third-order valence-corrected chi connectivity index (χ3v) is 7.13. The summed E-state index contributed by atoms with van der Waals surface area (Å²) in [7, 11) is 0. The Morgan fingerprint density at radius 3 is 3.03 bits per heavy atom. The maximum Gasteiger partial charge on any atom is 0.274 e. The number of hydrogen-bond donors (Lipinski definition) is 1. The van der Waals surface area contributed by atoms with Gasteiger partial charge in [-0.3, -0.25) is 9.59 Å². The van der Waals surface area contributed by atoms with Crippen molar-refractivity contribution in [1.29, 1.82) is 0 Å². The number of ether oxygens (including phenoxy) is 2. The first kappa shape index (κ1) is 22.5. The van der Waals surface area contributed by atoms with E-state index in [1.165, 1.54) is 0 Å². The molecule has 10 nitrogen and oxygen atoms in total. The Hall–Kier alpha value is -3.31. The second kappa shape index (κ2) is 9.51. The number of carbonyl (C=O) groups excluding carboxylic acids is 2. The van der Waals surface area contributed by atoms with Gasteiger partial charge in [-0.15, -0.1) is 16.4 Å². The SMILES string of the molecule is CC(C)c1cc(C(=O)N2C[C@@H]3NC(=O)c4ncccc4OCCn4cc(nn4)CO[C@H]3C2)cs1. The van der Waals surface area contributed by atoms with Crippen LogP contribution in [0.3, 0.4) is 0 Å². The highest BCUT2D eigenvalue weighted by molar-refractivity contribution is 7.10. The second-order valence-electron chi connectivity index (χ2n) is 8.70. The summed E-state index contributed by atoms with van der Waals surface area (Å²) in [5.74, 6) is 0.314. The van der Waals surface area contributed by atoms with Crippen LogP contribution in [0.4, 0.5) is 0 Å². The zero-order valence-corrected chi connectivity index (χ0v) is 19.8. The third kappa shape index (κ3) is 4.66. The Kier molecular flexibility index (Phi) is 6.29. The van der Waals surface area contributed by atoms with E-state index >= 15 is 0 Å². The van der Waals surface area contributed by atoms with E-state index in [0.717, 1.165) is 4.88 Å². The van der Waals surface area contributed by atoms with E-state index in [1.807, 2.05) is 17.6 Å². The summed E-state index contributed by atoms with van der Waals surface area (Å²) in [5, 5.41) is 13.2. The maximum atomic E-state index is 13.2. The molecule has 1 saturated heterocycles. The number of amides is 2. The predicted molar refractivity (Wildman–Crippen MR) is 124 cm³/mol. The Morgan fingerprint density at radius 2 is 2.21 bits per heavy atom. The van der Waals surface area contributed by atoms with E-state index in [1.54, 1.807) is 39.2 Å². The molecule has 0 aliphatic carbocycles. The molecule has 2 atom stereocenters. The van der Waals surface area contributed by atoms with Gasteiger partial charge in [-0.25, -0.2) is 9.67 Å². The van der Waals surface area contributed by atoms with Crippen LogP contribution in [0.1, 0.15) is 51.2 Å². The lowest BCUT2D eigenvalue weighted by molar-refractivity contribution is 0.0290. The monoisotopic (exact) mass is 482 g/mol. The number of rotatable bonds is 2. The van der Waals surface area contributed by atoms with Crippen molar-refractivity contribution in [2.45, 2.75) is 45.1 Å². The normalized spacial score (nSPS) is 20.8. The van der Waals surface area contributed by atoms with Crippen molar-refractivity contribution < 1.29 is 19.1 Å². The van der Waals surface area contributed by atoms with Crippen molar-refractivity contribution in [2.24, 2.45) is 0 Å². The fourth-order valence-electron chi connectivity index (χ4n) is 4.07. The summed E-state index contributed by atoms with van der Waals surface area (Å²) in [5.41, 5.74) is 1.53. The lowest BCUT2D eigenvalue weighted by Crippen LogP contribution is -2.44. The minimum absolute atomic E-state index is 0.0702. The van der Waals surface area contributed by atoms with Crippen molar-refractivity contribution in [3.8, 4) is 5.75 Å². The first-order chi connectivity index (χ1) is 16.5. The molecule has 0 aromatic carbocycles. The van der Waals surface area contributed by atoms with E-state index in [4.69, 9.17) is 9.47 Å². The Bertz CT molecular complexity index is 1190. The number of nitrogens with one attached hydrogen (secondary N) is 1. The third-order valence-electron chi connectivity index (χ3n) is 5.90. The molecule has 3 aromatic heterocycles. The van der Waals surface area contributed by atoms with E-state index in [-0.39, 0.29) is 24.1 Å². The molecule has 1 N–H and O–H groups in total. The molecule has 2 amide bonds. The molecule has 11 heteroatoms. The number of pyridine rings is 1. The highest BCUT2D eigenvalue weighted by Crippen LogP contribution is 2.26. The molecule has 3 aromatic rings. The molecule has 0 radical (unpaired) electrons. The largest absolute Gasteiger partial charge is 0.489 e. The molecule has 2 aliphatic rings. The summed E-state index contributed by atoms with van der Waals surface area (Å²) < 4.78 is 13.6. The lowest BCUT2D eigenvalue weighted by atomic mass is 10.1. The van der Waals surface area contributed by atoms with Gasteiger partial charge in [0.15, 0.2) is 11.4 Å². The molecule has 178 valence electrons. The van der Waals surface area contributed by atoms with Crippen LogP contribution >= 0.6 is 11.3 Å². The summed E-state index contributed by atoms with van der Waals surface area (Å²) >= 11 is 1.59. The summed E-state index contributed by atoms with van der Waals surface area (Å²) in [6, 6.07) is 4.97. The highest BCUT2D eigenvalue weighted by atomic mass is 32.1. The van der Waals surface area contributed by atoms with Gasteiger partial charge in [-0.05, 0) is 24.1 Å². The van der Waals surface area contributed by atoms with E-state index in [9.17, 15) is 9.59 Å². The van der Waals surface area contributed by atoms with Gasteiger partial charge in [0.25, 0.3) is 11.8 Å². The minimum Gasteiger partial charge on any atom is -0.489 e. The zero-order chi connectivity index (χ0) is 23.7.